The third-order valence-electron chi connectivity index (χ3n) is 3.68. The summed E-state index contributed by atoms with van der Waals surface area (Å²) in [5.41, 5.74) is 2.24. The largest absolute Gasteiger partial charge is 0.475 e. The van der Waals surface area contributed by atoms with E-state index in [2.05, 4.69) is 16.3 Å². The van der Waals surface area contributed by atoms with Crippen molar-refractivity contribution in [2.45, 2.75) is 19.4 Å². The van der Waals surface area contributed by atoms with Crippen molar-refractivity contribution in [1.29, 1.82) is 0 Å². The Hall–Kier alpha value is -2.43. The maximum Gasteiger partial charge on any atom is 0.371 e. The van der Waals surface area contributed by atoms with Gasteiger partial charge < -0.3 is 19.7 Å². The van der Waals surface area contributed by atoms with Gasteiger partial charge in [-0.05, 0) is 37.1 Å². The summed E-state index contributed by atoms with van der Waals surface area (Å²) in [5, 5.41) is 12.2. The van der Waals surface area contributed by atoms with Crippen LogP contribution >= 0.6 is 0 Å². The molecule has 1 fully saturated rings. The van der Waals surface area contributed by atoms with Gasteiger partial charge in [-0.15, -0.1) is 0 Å². The minimum atomic E-state index is -1.04. The van der Waals surface area contributed by atoms with Gasteiger partial charge >= 0.3 is 5.97 Å². The molecular formula is C16H18N2O3. The Morgan fingerprint density at radius 1 is 1.19 bits per heavy atom. The van der Waals surface area contributed by atoms with Crippen molar-refractivity contribution >= 4 is 17.3 Å². The fraction of sp³-hybridized carbons (Fsp3) is 0.312. The monoisotopic (exact) mass is 286 g/mol. The van der Waals surface area contributed by atoms with Crippen LogP contribution in [-0.2, 0) is 6.54 Å². The minimum absolute atomic E-state index is 0.0281. The predicted molar refractivity (Wildman–Crippen MR) is 80.9 cm³/mol. The number of rotatable bonds is 5. The Balaban J connectivity index is 1.71. The van der Waals surface area contributed by atoms with E-state index in [1.165, 1.54) is 24.6 Å². The van der Waals surface area contributed by atoms with Crippen molar-refractivity contribution in [3.8, 4) is 0 Å². The van der Waals surface area contributed by atoms with E-state index in [0.717, 1.165) is 18.8 Å². The average molecular weight is 286 g/mol. The maximum atomic E-state index is 10.8. The summed E-state index contributed by atoms with van der Waals surface area (Å²) in [6.45, 7) is 2.64. The van der Waals surface area contributed by atoms with Gasteiger partial charge in [-0.3, -0.25) is 0 Å². The quantitative estimate of drug-likeness (QED) is 0.883. The number of nitrogens with zero attached hydrogens (tertiary/aromatic N) is 1. The van der Waals surface area contributed by atoms with Crippen molar-refractivity contribution in [3.63, 3.8) is 0 Å². The van der Waals surface area contributed by atoms with Gasteiger partial charge in [0.15, 0.2) is 0 Å². The third-order valence-corrected chi connectivity index (χ3v) is 3.68. The number of hydrogen-bond donors (Lipinski definition) is 2. The van der Waals surface area contributed by atoms with E-state index in [1.54, 1.807) is 6.07 Å². The lowest BCUT2D eigenvalue weighted by molar-refractivity contribution is 0.0660. The van der Waals surface area contributed by atoms with E-state index < -0.39 is 5.97 Å². The van der Waals surface area contributed by atoms with E-state index in [0.29, 0.717) is 12.3 Å². The van der Waals surface area contributed by atoms with Crippen molar-refractivity contribution in [1.82, 2.24) is 0 Å². The number of furan rings is 1. The summed E-state index contributed by atoms with van der Waals surface area (Å²) in [6.07, 6.45) is 2.46. The van der Waals surface area contributed by atoms with Crippen LogP contribution in [0.25, 0.3) is 0 Å². The van der Waals surface area contributed by atoms with E-state index >= 15 is 0 Å². The van der Waals surface area contributed by atoms with Gasteiger partial charge in [-0.2, -0.15) is 0 Å². The molecule has 1 aromatic carbocycles. The first kappa shape index (κ1) is 13.5. The van der Waals surface area contributed by atoms with Crippen LogP contribution in [0.15, 0.2) is 40.8 Å². The van der Waals surface area contributed by atoms with Crippen molar-refractivity contribution < 1.29 is 14.3 Å². The molecule has 0 aliphatic carbocycles. The molecule has 0 amide bonds. The van der Waals surface area contributed by atoms with Gasteiger partial charge in [0.2, 0.25) is 5.76 Å². The van der Waals surface area contributed by atoms with Crippen molar-refractivity contribution in [2.24, 2.45) is 0 Å². The SMILES string of the molecule is O=C(O)c1ccc(CNc2ccccc2N2CCCC2)o1. The zero-order valence-electron chi connectivity index (χ0n) is 11.7. The Labute approximate surface area is 123 Å². The molecule has 2 heterocycles. The molecule has 0 atom stereocenters. The summed E-state index contributed by atoms with van der Waals surface area (Å²) >= 11 is 0. The van der Waals surface area contributed by atoms with Gasteiger partial charge in [0, 0.05) is 13.1 Å². The molecule has 2 N–H and O–H groups in total. The first-order valence-electron chi connectivity index (χ1n) is 7.14. The summed E-state index contributed by atoms with van der Waals surface area (Å²) in [5.74, 6) is -0.457. The molecule has 5 heteroatoms. The normalized spacial score (nSPS) is 14.4. The van der Waals surface area contributed by atoms with Crippen LogP contribution in [0.2, 0.25) is 0 Å². The minimum Gasteiger partial charge on any atom is -0.475 e. The first-order valence-corrected chi connectivity index (χ1v) is 7.14. The van der Waals surface area contributed by atoms with Gasteiger partial charge in [0.25, 0.3) is 0 Å². The number of carboxylic acids is 1. The van der Waals surface area contributed by atoms with Gasteiger partial charge in [-0.1, -0.05) is 12.1 Å². The Morgan fingerprint density at radius 2 is 1.95 bits per heavy atom. The van der Waals surface area contributed by atoms with Crippen LogP contribution in [0.5, 0.6) is 0 Å². The number of benzene rings is 1. The van der Waals surface area contributed by atoms with Crippen LogP contribution in [-0.4, -0.2) is 24.2 Å². The van der Waals surface area contributed by atoms with Gasteiger partial charge in [-0.25, -0.2) is 4.79 Å². The average Bonchev–Trinajstić information content (AvgIpc) is 3.17. The zero-order valence-corrected chi connectivity index (χ0v) is 11.7. The highest BCUT2D eigenvalue weighted by atomic mass is 16.4. The number of aromatic carboxylic acids is 1. The molecule has 0 saturated carbocycles. The lowest BCUT2D eigenvalue weighted by Gasteiger charge is -2.21. The Kier molecular flexibility index (Phi) is 3.81. The highest BCUT2D eigenvalue weighted by Crippen LogP contribution is 2.29. The molecular weight excluding hydrogens is 268 g/mol. The van der Waals surface area contributed by atoms with Crippen LogP contribution in [0.3, 0.4) is 0 Å². The van der Waals surface area contributed by atoms with Crippen LogP contribution in [0, 0.1) is 0 Å². The lowest BCUT2D eigenvalue weighted by atomic mass is 10.2. The van der Waals surface area contributed by atoms with E-state index in [4.69, 9.17) is 9.52 Å². The second kappa shape index (κ2) is 5.91. The number of hydrogen-bond acceptors (Lipinski definition) is 4. The highest BCUT2D eigenvalue weighted by molar-refractivity contribution is 5.84. The molecule has 5 nitrogen and oxygen atoms in total. The highest BCUT2D eigenvalue weighted by Gasteiger charge is 2.15. The van der Waals surface area contributed by atoms with Crippen LogP contribution in [0.1, 0.15) is 29.2 Å². The van der Waals surface area contributed by atoms with Crippen LogP contribution < -0.4 is 10.2 Å². The van der Waals surface area contributed by atoms with Gasteiger partial charge in [0.1, 0.15) is 5.76 Å². The molecule has 1 aliphatic rings. The fourth-order valence-corrected chi connectivity index (χ4v) is 2.63. The zero-order chi connectivity index (χ0) is 14.7. The summed E-state index contributed by atoms with van der Waals surface area (Å²) in [6, 6.07) is 11.3. The smallest absolute Gasteiger partial charge is 0.371 e. The Morgan fingerprint density at radius 3 is 2.67 bits per heavy atom. The molecule has 0 spiro atoms. The number of anilines is 2. The van der Waals surface area contributed by atoms with Crippen LogP contribution in [0.4, 0.5) is 11.4 Å². The molecule has 1 aromatic heterocycles. The molecule has 21 heavy (non-hydrogen) atoms. The number of nitrogens with one attached hydrogen (secondary N) is 1. The van der Waals surface area contributed by atoms with E-state index in [-0.39, 0.29) is 5.76 Å². The molecule has 110 valence electrons. The number of carboxylic acid groups (broad SMARTS) is 1. The maximum absolute atomic E-state index is 10.8. The summed E-state index contributed by atoms with van der Waals surface area (Å²) in [4.78, 5) is 13.2. The molecule has 1 aliphatic heterocycles. The third kappa shape index (κ3) is 3.02. The summed E-state index contributed by atoms with van der Waals surface area (Å²) in [7, 11) is 0. The van der Waals surface area contributed by atoms with Gasteiger partial charge in [0.05, 0.1) is 17.9 Å². The fourth-order valence-electron chi connectivity index (χ4n) is 2.63. The molecule has 0 bridgehead atoms. The van der Waals surface area contributed by atoms with Crippen molar-refractivity contribution in [3.05, 3.63) is 47.9 Å². The molecule has 2 aromatic rings. The summed E-state index contributed by atoms with van der Waals surface area (Å²) < 4.78 is 5.26. The molecule has 1 saturated heterocycles. The Bertz CT molecular complexity index is 630. The standard InChI is InChI=1S/C16H18N2O3/c19-16(20)15-8-7-12(21-15)11-17-13-5-1-2-6-14(13)18-9-3-4-10-18/h1-2,5-8,17H,3-4,9-11H2,(H,19,20). The van der Waals surface area contributed by atoms with E-state index in [1.807, 2.05) is 18.2 Å². The molecule has 3 rings (SSSR count). The topological polar surface area (TPSA) is 65.7 Å². The predicted octanol–water partition coefficient (Wildman–Crippen LogP) is 3.19. The van der Waals surface area contributed by atoms with Crippen molar-refractivity contribution in [2.75, 3.05) is 23.3 Å². The van der Waals surface area contributed by atoms with E-state index in [9.17, 15) is 4.79 Å². The lowest BCUT2D eigenvalue weighted by Crippen LogP contribution is -2.19. The number of carbonyl (C=O) groups is 1. The molecule has 0 unspecified atom stereocenters. The second-order valence-electron chi connectivity index (χ2n) is 5.14. The first-order chi connectivity index (χ1) is 10.2. The number of para-hydroxylation sites is 2. The molecule has 0 radical (unpaired) electrons. The second-order valence-corrected chi connectivity index (χ2v) is 5.14.